The van der Waals surface area contributed by atoms with Gasteiger partial charge in [-0.2, -0.15) is 0 Å². The van der Waals surface area contributed by atoms with Crippen molar-refractivity contribution in [3.8, 4) is 0 Å². The van der Waals surface area contributed by atoms with Crippen LogP contribution in [0.1, 0.15) is 29.7 Å². The zero-order chi connectivity index (χ0) is 18.4. The van der Waals surface area contributed by atoms with Crippen LogP contribution < -0.4 is 5.48 Å². The van der Waals surface area contributed by atoms with Gasteiger partial charge in [-0.25, -0.2) is 5.48 Å². The molecule has 3 rings (SSSR count). The van der Waals surface area contributed by atoms with Gasteiger partial charge >= 0.3 is 0 Å². The first-order valence-corrected chi connectivity index (χ1v) is 8.63. The highest BCUT2D eigenvalue weighted by molar-refractivity contribution is 5.90. The number of aliphatic hydroxyl groups excluding tert-OH is 1. The lowest BCUT2D eigenvalue weighted by Crippen LogP contribution is -2.32. The van der Waals surface area contributed by atoms with E-state index in [1.165, 1.54) is 11.6 Å². The molecular weight excluding hydrogens is 334 g/mol. The smallest absolute Gasteiger partial charge is 0.267 e. The molecule has 1 atom stereocenters. The van der Waals surface area contributed by atoms with Crippen LogP contribution in [0.25, 0.3) is 6.08 Å². The molecule has 1 saturated heterocycles. The van der Waals surface area contributed by atoms with Gasteiger partial charge in [0.15, 0.2) is 0 Å². The van der Waals surface area contributed by atoms with Crippen LogP contribution in [-0.2, 0) is 24.5 Å². The summed E-state index contributed by atoms with van der Waals surface area (Å²) in [7, 11) is 0. The molecule has 1 aromatic carbocycles. The normalized spacial score (nSPS) is 17.8. The van der Waals surface area contributed by atoms with Crippen LogP contribution in [-0.4, -0.2) is 48.7 Å². The molecule has 1 aromatic heterocycles. The van der Waals surface area contributed by atoms with Gasteiger partial charge in [0.1, 0.15) is 5.69 Å². The van der Waals surface area contributed by atoms with Crippen molar-refractivity contribution in [2.45, 2.75) is 38.6 Å². The third kappa shape index (κ3) is 4.75. The van der Waals surface area contributed by atoms with Gasteiger partial charge in [0, 0.05) is 18.7 Å². The molecule has 2 heterocycles. The molecule has 0 saturated carbocycles. The van der Waals surface area contributed by atoms with Gasteiger partial charge < -0.3 is 5.11 Å². The molecule has 0 unspecified atom stereocenters. The summed E-state index contributed by atoms with van der Waals surface area (Å²) in [6, 6.07) is 8.39. The first-order valence-electron chi connectivity index (χ1n) is 8.63. The number of benzene rings is 1. The van der Waals surface area contributed by atoms with Crippen LogP contribution in [0.3, 0.4) is 0 Å². The predicted molar refractivity (Wildman–Crippen MR) is 94.8 cm³/mol. The van der Waals surface area contributed by atoms with Crippen LogP contribution >= 0.6 is 0 Å². The van der Waals surface area contributed by atoms with E-state index >= 15 is 0 Å². The molecule has 26 heavy (non-hydrogen) atoms. The number of hydroxylamine groups is 1. The summed E-state index contributed by atoms with van der Waals surface area (Å²) >= 11 is 0. The summed E-state index contributed by atoms with van der Waals surface area (Å²) in [6.45, 7) is 2.58. The van der Waals surface area contributed by atoms with E-state index in [-0.39, 0.29) is 6.61 Å². The third-order valence-corrected chi connectivity index (χ3v) is 4.55. The second kappa shape index (κ2) is 8.70. The number of hydrogen-bond donors (Lipinski definition) is 3. The number of likely N-dealkylation sites (tertiary alicyclic amines) is 1. The minimum Gasteiger partial charge on any atom is -0.390 e. The van der Waals surface area contributed by atoms with Crippen LogP contribution in [0.2, 0.25) is 0 Å². The minimum atomic E-state index is -0.550. The average Bonchev–Trinajstić information content (AvgIpc) is 3.30. The number of nitrogens with zero attached hydrogens (tertiary/aromatic N) is 4. The fourth-order valence-corrected chi connectivity index (χ4v) is 3.20. The highest BCUT2D eigenvalue weighted by atomic mass is 16.5. The summed E-state index contributed by atoms with van der Waals surface area (Å²) in [5.74, 6) is -0.550. The van der Waals surface area contributed by atoms with Gasteiger partial charge in [0.05, 0.1) is 19.3 Å². The average molecular weight is 357 g/mol. The van der Waals surface area contributed by atoms with Gasteiger partial charge in [-0.15, -0.1) is 5.10 Å². The number of rotatable bonds is 7. The molecule has 0 radical (unpaired) electrons. The fraction of sp³-hybridized carbons (Fsp3) is 0.389. The lowest BCUT2D eigenvalue weighted by molar-refractivity contribution is -0.124. The number of hydrogen-bond acceptors (Lipinski definition) is 6. The van der Waals surface area contributed by atoms with Crippen molar-refractivity contribution in [3.63, 3.8) is 0 Å². The summed E-state index contributed by atoms with van der Waals surface area (Å²) in [4.78, 5) is 13.4. The van der Waals surface area contributed by atoms with Gasteiger partial charge in [0.2, 0.25) is 0 Å². The van der Waals surface area contributed by atoms with Crippen molar-refractivity contribution >= 4 is 12.0 Å². The molecule has 8 nitrogen and oxygen atoms in total. The first-order chi connectivity index (χ1) is 12.7. The van der Waals surface area contributed by atoms with Crippen LogP contribution in [0, 0.1) is 0 Å². The predicted octanol–water partition coefficient (Wildman–Crippen LogP) is 0.954. The highest BCUT2D eigenvalue weighted by Gasteiger charge is 2.25. The Balaban J connectivity index is 1.58. The van der Waals surface area contributed by atoms with E-state index in [2.05, 4.69) is 15.2 Å². The monoisotopic (exact) mass is 357 g/mol. The van der Waals surface area contributed by atoms with Crippen molar-refractivity contribution in [2.24, 2.45) is 0 Å². The van der Waals surface area contributed by atoms with Crippen LogP contribution in [0.5, 0.6) is 0 Å². The number of nitrogens with one attached hydrogen (secondary N) is 1. The fourth-order valence-electron chi connectivity index (χ4n) is 3.20. The molecule has 138 valence electrons. The summed E-state index contributed by atoms with van der Waals surface area (Å²) < 4.78 is 1.80. The summed E-state index contributed by atoms with van der Waals surface area (Å²) in [5.41, 5.74) is 4.26. The molecular formula is C18H23N5O3. The maximum absolute atomic E-state index is 11.0. The van der Waals surface area contributed by atoms with Gasteiger partial charge in [0.25, 0.3) is 5.91 Å². The maximum atomic E-state index is 11.0. The van der Waals surface area contributed by atoms with E-state index in [1.807, 2.05) is 24.3 Å². The molecule has 0 bridgehead atoms. The molecule has 2 aromatic rings. The van der Waals surface area contributed by atoms with Crippen LogP contribution in [0.15, 0.2) is 36.5 Å². The lowest BCUT2D eigenvalue weighted by atomic mass is 10.1. The number of aliphatic hydroxyl groups is 1. The Morgan fingerprint density at radius 3 is 2.85 bits per heavy atom. The van der Waals surface area contributed by atoms with Crippen molar-refractivity contribution in [3.05, 3.63) is 53.4 Å². The molecule has 3 N–H and O–H groups in total. The molecule has 1 aliphatic rings. The molecule has 1 amide bonds. The van der Waals surface area contributed by atoms with E-state index in [0.717, 1.165) is 38.0 Å². The number of amides is 1. The maximum Gasteiger partial charge on any atom is 0.267 e. The van der Waals surface area contributed by atoms with Crippen molar-refractivity contribution in [1.29, 1.82) is 0 Å². The van der Waals surface area contributed by atoms with Gasteiger partial charge in [-0.05, 0) is 36.6 Å². The van der Waals surface area contributed by atoms with E-state index < -0.39 is 5.91 Å². The molecule has 0 spiro atoms. The second-order valence-corrected chi connectivity index (χ2v) is 6.41. The van der Waals surface area contributed by atoms with Gasteiger partial charge in [-0.3, -0.25) is 19.6 Å². The molecule has 8 heteroatoms. The SMILES string of the molecule is O=C(C=Cc1ccc(CN2CCC[C@@H]2Cn2cc(CO)nn2)cc1)NO. The van der Waals surface area contributed by atoms with Crippen molar-refractivity contribution in [2.75, 3.05) is 6.54 Å². The molecule has 1 aliphatic heterocycles. The summed E-state index contributed by atoms with van der Waals surface area (Å²) in [5, 5.41) is 25.6. The number of aromatic nitrogens is 3. The summed E-state index contributed by atoms with van der Waals surface area (Å²) in [6.07, 6.45) is 7.00. The van der Waals surface area contributed by atoms with E-state index in [0.29, 0.717) is 11.7 Å². The Hall–Kier alpha value is -2.55. The number of carbonyl (C=O) groups excluding carboxylic acids is 1. The zero-order valence-corrected chi connectivity index (χ0v) is 14.5. The third-order valence-electron chi connectivity index (χ3n) is 4.55. The minimum absolute atomic E-state index is 0.0882. The topological polar surface area (TPSA) is 104 Å². The first kappa shape index (κ1) is 18.2. The van der Waals surface area contributed by atoms with Crippen molar-refractivity contribution in [1.82, 2.24) is 25.4 Å². The standard InChI is InChI=1S/C18H23N5O3/c24-13-16-11-23(21-19-16)12-17-2-1-9-22(17)10-15-5-3-14(4-6-15)7-8-18(25)20-26/h3-8,11,17,24,26H,1-2,9-10,12-13H2,(H,20,25)/t17-/m1/s1. The molecule has 0 aliphatic carbocycles. The van der Waals surface area contributed by atoms with E-state index in [9.17, 15) is 4.79 Å². The highest BCUT2D eigenvalue weighted by Crippen LogP contribution is 2.21. The Kier molecular flexibility index (Phi) is 6.11. The van der Waals surface area contributed by atoms with Crippen molar-refractivity contribution < 1.29 is 15.1 Å². The lowest BCUT2D eigenvalue weighted by Gasteiger charge is -2.24. The second-order valence-electron chi connectivity index (χ2n) is 6.41. The largest absolute Gasteiger partial charge is 0.390 e. The van der Waals surface area contributed by atoms with Crippen LogP contribution in [0.4, 0.5) is 0 Å². The Morgan fingerprint density at radius 2 is 2.15 bits per heavy atom. The van der Waals surface area contributed by atoms with Gasteiger partial charge in [-0.1, -0.05) is 29.5 Å². The molecule has 1 fully saturated rings. The Bertz CT molecular complexity index is 756. The van der Waals surface area contributed by atoms with E-state index in [1.54, 1.807) is 22.4 Å². The Labute approximate surface area is 151 Å². The van der Waals surface area contributed by atoms with E-state index in [4.69, 9.17) is 10.3 Å². The number of carbonyl (C=O) groups is 1. The Morgan fingerprint density at radius 1 is 1.35 bits per heavy atom. The quantitative estimate of drug-likeness (QED) is 0.387. The zero-order valence-electron chi connectivity index (χ0n) is 14.5.